The smallest absolute Gasteiger partial charge is 0.194 e. The van der Waals surface area contributed by atoms with Gasteiger partial charge in [-0.25, -0.2) is 22.0 Å². The zero-order valence-electron chi connectivity index (χ0n) is 17.0. The van der Waals surface area contributed by atoms with Crippen LogP contribution in [-0.2, 0) is 6.42 Å². The van der Waals surface area contributed by atoms with Crippen molar-refractivity contribution in [2.75, 3.05) is 0 Å². The first-order chi connectivity index (χ1) is 14.4. The van der Waals surface area contributed by atoms with E-state index in [9.17, 15) is 22.0 Å². The Bertz CT molecular complexity index is 961. The van der Waals surface area contributed by atoms with Crippen LogP contribution in [0.1, 0.15) is 80.0 Å². The van der Waals surface area contributed by atoms with Gasteiger partial charge >= 0.3 is 0 Å². The van der Waals surface area contributed by atoms with Crippen molar-refractivity contribution in [3.63, 3.8) is 0 Å². The van der Waals surface area contributed by atoms with Crippen molar-refractivity contribution >= 4 is 11.6 Å². The topological polar surface area (TPSA) is 0 Å². The molecule has 0 radical (unpaired) electrons. The molecule has 160 valence electrons. The van der Waals surface area contributed by atoms with Crippen molar-refractivity contribution < 1.29 is 22.0 Å². The van der Waals surface area contributed by atoms with Gasteiger partial charge in [-0.2, -0.15) is 0 Å². The zero-order valence-corrected chi connectivity index (χ0v) is 17.0. The summed E-state index contributed by atoms with van der Waals surface area (Å²) in [7, 11) is 0. The Hall–Kier alpha value is -2.17. The highest BCUT2D eigenvalue weighted by molar-refractivity contribution is 5.85. The van der Waals surface area contributed by atoms with E-state index < -0.39 is 29.1 Å². The molecule has 0 saturated heterocycles. The summed E-state index contributed by atoms with van der Waals surface area (Å²) in [5.74, 6) is -4.49. The number of hydrogen-bond acceptors (Lipinski definition) is 0. The van der Waals surface area contributed by atoms with Gasteiger partial charge in [0, 0.05) is 5.56 Å². The summed E-state index contributed by atoms with van der Waals surface area (Å²) in [6, 6.07) is 3.70. The number of rotatable bonds is 4. The molecule has 2 aromatic carbocycles. The number of fused-ring (bicyclic) bond motifs is 1. The van der Waals surface area contributed by atoms with Gasteiger partial charge in [-0.1, -0.05) is 25.8 Å². The van der Waals surface area contributed by atoms with Gasteiger partial charge in [-0.05, 0) is 90.8 Å². The van der Waals surface area contributed by atoms with Gasteiger partial charge in [-0.15, -0.1) is 0 Å². The lowest BCUT2D eigenvalue weighted by Crippen LogP contribution is -2.14. The first-order valence-electron chi connectivity index (χ1n) is 10.7. The molecule has 2 aliphatic rings. The molecule has 0 spiro atoms. The normalized spacial score (nSPS) is 21.3. The molecule has 0 N–H and O–H groups in total. The molecule has 0 heterocycles. The minimum absolute atomic E-state index is 0.0407. The van der Waals surface area contributed by atoms with Crippen LogP contribution in [0.25, 0.3) is 11.6 Å². The van der Waals surface area contributed by atoms with E-state index in [2.05, 4.69) is 6.92 Å². The highest BCUT2D eigenvalue weighted by Gasteiger charge is 2.27. The first-order valence-corrected chi connectivity index (χ1v) is 10.7. The average Bonchev–Trinajstić information content (AvgIpc) is 2.72. The Morgan fingerprint density at radius 2 is 1.47 bits per heavy atom. The van der Waals surface area contributed by atoms with Crippen LogP contribution < -0.4 is 0 Å². The fourth-order valence-corrected chi connectivity index (χ4v) is 5.08. The Labute approximate surface area is 173 Å². The second kappa shape index (κ2) is 8.52. The summed E-state index contributed by atoms with van der Waals surface area (Å²) in [6.45, 7) is 2.17. The Morgan fingerprint density at radius 1 is 0.800 bits per heavy atom. The van der Waals surface area contributed by atoms with E-state index in [1.54, 1.807) is 0 Å². The molecule has 0 bridgehead atoms. The van der Waals surface area contributed by atoms with Crippen LogP contribution in [0.4, 0.5) is 22.0 Å². The zero-order chi connectivity index (χ0) is 21.4. The van der Waals surface area contributed by atoms with Crippen LogP contribution in [0.15, 0.2) is 18.2 Å². The lowest BCUT2D eigenvalue weighted by atomic mass is 9.77. The predicted octanol–water partition coefficient (Wildman–Crippen LogP) is 7.94. The fourth-order valence-electron chi connectivity index (χ4n) is 5.08. The molecule has 0 aromatic heterocycles. The van der Waals surface area contributed by atoms with E-state index >= 15 is 0 Å². The molecular formula is C25H25F5. The SMILES string of the molecule is CCCC1CCC(c2cc(F)c(C3=Cc4cc(F)c(F)c(F)c4CC3)c(F)c2)CC1. The van der Waals surface area contributed by atoms with Gasteiger partial charge in [0.15, 0.2) is 17.5 Å². The van der Waals surface area contributed by atoms with Crippen molar-refractivity contribution in [3.05, 3.63) is 69.5 Å². The summed E-state index contributed by atoms with van der Waals surface area (Å²) in [5.41, 5.74) is 1.03. The van der Waals surface area contributed by atoms with Crippen LogP contribution in [0.3, 0.4) is 0 Å². The maximum Gasteiger partial charge on any atom is 0.194 e. The summed E-state index contributed by atoms with van der Waals surface area (Å²) >= 11 is 0. The molecule has 0 unspecified atom stereocenters. The number of benzene rings is 2. The molecule has 0 nitrogen and oxygen atoms in total. The van der Waals surface area contributed by atoms with Crippen molar-refractivity contribution in [2.24, 2.45) is 5.92 Å². The van der Waals surface area contributed by atoms with Crippen LogP contribution >= 0.6 is 0 Å². The van der Waals surface area contributed by atoms with Gasteiger partial charge in [0.05, 0.1) is 0 Å². The summed E-state index contributed by atoms with van der Waals surface area (Å²) in [5, 5.41) is 0. The van der Waals surface area contributed by atoms with Crippen LogP contribution in [0, 0.1) is 35.0 Å². The van der Waals surface area contributed by atoms with Crippen molar-refractivity contribution in [1.82, 2.24) is 0 Å². The Kier molecular flexibility index (Phi) is 5.99. The van der Waals surface area contributed by atoms with Crippen LogP contribution in [0.5, 0.6) is 0 Å². The highest BCUT2D eigenvalue weighted by Crippen LogP contribution is 2.40. The molecule has 0 aliphatic heterocycles. The average molecular weight is 420 g/mol. The molecule has 1 saturated carbocycles. The molecule has 2 aromatic rings. The van der Waals surface area contributed by atoms with Gasteiger partial charge < -0.3 is 0 Å². The third-order valence-corrected chi connectivity index (χ3v) is 6.67. The molecule has 0 atom stereocenters. The summed E-state index contributed by atoms with van der Waals surface area (Å²) in [6.07, 6.45) is 7.98. The van der Waals surface area contributed by atoms with Gasteiger partial charge in [0.2, 0.25) is 0 Å². The standard InChI is InChI=1S/C25H25F5/c1-2-3-14-4-6-15(7-5-14)17-11-20(26)23(21(27)12-17)16-8-9-19-18(10-16)13-22(28)25(30)24(19)29/h10-15H,2-9H2,1H3. The fraction of sp³-hybridized carbons (Fsp3) is 0.440. The van der Waals surface area contributed by atoms with E-state index in [4.69, 9.17) is 0 Å². The third kappa shape index (κ3) is 3.91. The second-order valence-corrected chi connectivity index (χ2v) is 8.59. The Morgan fingerprint density at radius 3 is 2.10 bits per heavy atom. The minimum atomic E-state index is -1.51. The highest BCUT2D eigenvalue weighted by atomic mass is 19.2. The molecular weight excluding hydrogens is 395 g/mol. The number of halogens is 5. The second-order valence-electron chi connectivity index (χ2n) is 8.59. The van der Waals surface area contributed by atoms with E-state index in [0.29, 0.717) is 17.1 Å². The van der Waals surface area contributed by atoms with E-state index in [1.807, 2.05) is 0 Å². The molecule has 1 fully saturated rings. The quantitative estimate of drug-likeness (QED) is 0.348. The van der Waals surface area contributed by atoms with E-state index in [1.165, 1.54) is 24.6 Å². The molecule has 30 heavy (non-hydrogen) atoms. The first kappa shape index (κ1) is 21.1. The van der Waals surface area contributed by atoms with Crippen molar-refractivity contribution in [2.45, 2.75) is 64.2 Å². The van der Waals surface area contributed by atoms with Crippen molar-refractivity contribution in [3.8, 4) is 0 Å². The lowest BCUT2D eigenvalue weighted by molar-refractivity contribution is 0.307. The minimum Gasteiger partial charge on any atom is -0.206 e. The van der Waals surface area contributed by atoms with Gasteiger partial charge in [0.25, 0.3) is 0 Å². The molecule has 2 aliphatic carbocycles. The number of hydrogen-bond donors (Lipinski definition) is 0. The number of allylic oxidation sites excluding steroid dienone is 1. The van der Waals surface area contributed by atoms with Gasteiger partial charge in [0.1, 0.15) is 11.6 Å². The molecule has 5 heteroatoms. The maximum absolute atomic E-state index is 15.0. The van der Waals surface area contributed by atoms with E-state index in [-0.39, 0.29) is 35.4 Å². The van der Waals surface area contributed by atoms with Crippen LogP contribution in [-0.4, -0.2) is 0 Å². The molecule has 0 amide bonds. The van der Waals surface area contributed by atoms with Crippen molar-refractivity contribution in [1.29, 1.82) is 0 Å². The maximum atomic E-state index is 15.0. The lowest BCUT2D eigenvalue weighted by Gasteiger charge is -2.29. The van der Waals surface area contributed by atoms with Gasteiger partial charge in [-0.3, -0.25) is 0 Å². The summed E-state index contributed by atoms with van der Waals surface area (Å²) in [4.78, 5) is 0. The monoisotopic (exact) mass is 420 g/mol. The summed E-state index contributed by atoms with van der Waals surface area (Å²) < 4.78 is 71.0. The van der Waals surface area contributed by atoms with Crippen LogP contribution in [0.2, 0.25) is 0 Å². The molecule has 4 rings (SSSR count). The largest absolute Gasteiger partial charge is 0.206 e. The predicted molar refractivity (Wildman–Crippen MR) is 108 cm³/mol. The van der Waals surface area contributed by atoms with E-state index in [0.717, 1.165) is 38.2 Å². The Balaban J connectivity index is 1.62. The third-order valence-electron chi connectivity index (χ3n) is 6.67.